The van der Waals surface area contributed by atoms with Crippen molar-refractivity contribution in [3.63, 3.8) is 0 Å². The van der Waals surface area contributed by atoms with Crippen LogP contribution in [0.5, 0.6) is 5.75 Å². The van der Waals surface area contributed by atoms with E-state index >= 15 is 0 Å². The molecular weight excluding hydrogens is 276 g/mol. The molecule has 0 aromatic heterocycles. The molecule has 0 spiro atoms. The highest BCUT2D eigenvalue weighted by Gasteiger charge is 2.13. The van der Waals surface area contributed by atoms with Crippen molar-refractivity contribution in [1.82, 2.24) is 0 Å². The zero-order chi connectivity index (χ0) is 15.9. The Labute approximate surface area is 130 Å². The molecular formula is C19H20O3. The van der Waals surface area contributed by atoms with Gasteiger partial charge in [-0.3, -0.25) is 9.59 Å². The number of ketones is 2. The maximum absolute atomic E-state index is 12.2. The van der Waals surface area contributed by atoms with E-state index in [-0.39, 0.29) is 18.0 Å². The summed E-state index contributed by atoms with van der Waals surface area (Å²) in [4.78, 5) is 24.3. The van der Waals surface area contributed by atoms with Gasteiger partial charge in [0.05, 0.1) is 13.0 Å². The lowest BCUT2D eigenvalue weighted by molar-refractivity contribution is 0.0894. The normalized spacial score (nSPS) is 10.3. The largest absolute Gasteiger partial charge is 0.494 e. The van der Waals surface area contributed by atoms with Crippen molar-refractivity contribution in [2.75, 3.05) is 6.61 Å². The van der Waals surface area contributed by atoms with Crippen LogP contribution in [0.25, 0.3) is 0 Å². The second-order valence-corrected chi connectivity index (χ2v) is 5.26. The van der Waals surface area contributed by atoms with E-state index in [0.29, 0.717) is 17.7 Å². The SMILES string of the molecule is CCCOc1ccc(C(=O)CC(=O)c2ccc(C)cc2)cc1. The van der Waals surface area contributed by atoms with E-state index in [1.54, 1.807) is 36.4 Å². The molecule has 2 aromatic carbocycles. The minimum absolute atomic E-state index is 0.113. The fraction of sp³-hybridized carbons (Fsp3) is 0.263. The predicted octanol–water partition coefficient (Wildman–Crippen LogP) is 4.24. The maximum Gasteiger partial charge on any atom is 0.170 e. The van der Waals surface area contributed by atoms with Crippen molar-refractivity contribution >= 4 is 11.6 Å². The topological polar surface area (TPSA) is 43.4 Å². The fourth-order valence-corrected chi connectivity index (χ4v) is 2.05. The molecule has 0 radical (unpaired) electrons. The van der Waals surface area contributed by atoms with Crippen LogP contribution in [-0.2, 0) is 0 Å². The first kappa shape index (κ1) is 16.0. The van der Waals surface area contributed by atoms with Crippen LogP contribution in [0.4, 0.5) is 0 Å². The smallest absolute Gasteiger partial charge is 0.170 e. The summed E-state index contributed by atoms with van der Waals surface area (Å²) in [6, 6.07) is 14.2. The fourth-order valence-electron chi connectivity index (χ4n) is 2.05. The van der Waals surface area contributed by atoms with Gasteiger partial charge < -0.3 is 4.74 Å². The molecule has 3 nitrogen and oxygen atoms in total. The summed E-state index contributed by atoms with van der Waals surface area (Å²) in [6.07, 6.45) is 0.823. The first-order valence-electron chi connectivity index (χ1n) is 7.46. The summed E-state index contributed by atoms with van der Waals surface area (Å²) < 4.78 is 5.47. The van der Waals surface area contributed by atoms with Gasteiger partial charge >= 0.3 is 0 Å². The Hall–Kier alpha value is -2.42. The summed E-state index contributed by atoms with van der Waals surface area (Å²) in [5.74, 6) is 0.409. The van der Waals surface area contributed by atoms with E-state index in [4.69, 9.17) is 4.74 Å². The number of rotatable bonds is 7. The molecule has 0 atom stereocenters. The molecule has 0 fully saturated rings. The van der Waals surface area contributed by atoms with Gasteiger partial charge in [0.1, 0.15) is 5.75 Å². The van der Waals surface area contributed by atoms with Gasteiger partial charge in [-0.25, -0.2) is 0 Å². The van der Waals surface area contributed by atoms with Crippen molar-refractivity contribution in [3.05, 3.63) is 65.2 Å². The van der Waals surface area contributed by atoms with Crippen molar-refractivity contribution < 1.29 is 14.3 Å². The standard InChI is InChI=1S/C19H20O3/c1-3-12-22-17-10-8-16(9-11-17)19(21)13-18(20)15-6-4-14(2)5-7-15/h4-11H,3,12-13H2,1-2H3. The zero-order valence-electron chi connectivity index (χ0n) is 13.0. The van der Waals surface area contributed by atoms with Crippen LogP contribution in [0.3, 0.4) is 0 Å². The predicted molar refractivity (Wildman–Crippen MR) is 86.7 cm³/mol. The summed E-state index contributed by atoms with van der Waals surface area (Å²) >= 11 is 0. The molecule has 0 aliphatic rings. The zero-order valence-corrected chi connectivity index (χ0v) is 13.0. The van der Waals surface area contributed by atoms with E-state index in [1.165, 1.54) is 0 Å². The van der Waals surface area contributed by atoms with Gasteiger partial charge in [-0.1, -0.05) is 36.8 Å². The molecule has 0 bridgehead atoms. The van der Waals surface area contributed by atoms with Gasteiger partial charge in [-0.05, 0) is 37.6 Å². The second kappa shape index (κ2) is 7.55. The van der Waals surface area contributed by atoms with Crippen LogP contribution in [0.15, 0.2) is 48.5 Å². The molecule has 114 valence electrons. The Balaban J connectivity index is 1.99. The Morgan fingerprint density at radius 2 is 1.36 bits per heavy atom. The molecule has 0 aliphatic heterocycles. The highest BCUT2D eigenvalue weighted by atomic mass is 16.5. The van der Waals surface area contributed by atoms with Gasteiger partial charge in [-0.2, -0.15) is 0 Å². The lowest BCUT2D eigenvalue weighted by Gasteiger charge is -2.06. The molecule has 0 unspecified atom stereocenters. The Morgan fingerprint density at radius 3 is 1.86 bits per heavy atom. The summed E-state index contributed by atoms with van der Waals surface area (Å²) in [6.45, 7) is 4.65. The number of ether oxygens (including phenoxy) is 1. The number of hydrogen-bond acceptors (Lipinski definition) is 3. The Bertz CT molecular complexity index is 639. The van der Waals surface area contributed by atoms with Crippen molar-refractivity contribution in [1.29, 1.82) is 0 Å². The quantitative estimate of drug-likeness (QED) is 0.567. The van der Waals surface area contributed by atoms with E-state index in [9.17, 15) is 9.59 Å². The van der Waals surface area contributed by atoms with E-state index < -0.39 is 0 Å². The molecule has 3 heteroatoms. The highest BCUT2D eigenvalue weighted by Crippen LogP contribution is 2.15. The molecule has 0 N–H and O–H groups in total. The van der Waals surface area contributed by atoms with Crippen molar-refractivity contribution in [2.24, 2.45) is 0 Å². The molecule has 22 heavy (non-hydrogen) atoms. The number of carbonyl (C=O) groups excluding carboxylic acids is 2. The number of aryl methyl sites for hydroxylation is 1. The minimum Gasteiger partial charge on any atom is -0.494 e. The molecule has 0 saturated heterocycles. The van der Waals surface area contributed by atoms with E-state index in [1.807, 2.05) is 26.0 Å². The van der Waals surface area contributed by atoms with Crippen LogP contribution >= 0.6 is 0 Å². The minimum atomic E-state index is -0.174. The third-order valence-corrected chi connectivity index (χ3v) is 3.34. The number of carbonyl (C=O) groups is 2. The average molecular weight is 296 g/mol. The highest BCUT2D eigenvalue weighted by molar-refractivity contribution is 6.13. The lowest BCUT2D eigenvalue weighted by atomic mass is 10.0. The van der Waals surface area contributed by atoms with Crippen molar-refractivity contribution in [3.8, 4) is 5.75 Å². The molecule has 2 aromatic rings. The van der Waals surface area contributed by atoms with Crippen LogP contribution < -0.4 is 4.74 Å². The Morgan fingerprint density at radius 1 is 0.864 bits per heavy atom. The first-order chi connectivity index (χ1) is 10.6. The van der Waals surface area contributed by atoms with E-state index in [0.717, 1.165) is 17.7 Å². The summed E-state index contributed by atoms with van der Waals surface area (Å²) in [5.41, 5.74) is 2.19. The molecule has 0 amide bonds. The number of benzene rings is 2. The number of Topliss-reactive ketones (excluding diaryl/α,β-unsaturated/α-hetero) is 2. The lowest BCUT2D eigenvalue weighted by Crippen LogP contribution is -2.08. The maximum atomic E-state index is 12.2. The van der Waals surface area contributed by atoms with Crippen molar-refractivity contribution in [2.45, 2.75) is 26.7 Å². The molecule has 0 heterocycles. The molecule has 0 aliphatic carbocycles. The van der Waals surface area contributed by atoms with Gasteiger partial charge in [0.2, 0.25) is 0 Å². The molecule has 2 rings (SSSR count). The van der Waals surface area contributed by atoms with Crippen LogP contribution in [0.1, 0.15) is 46.0 Å². The van der Waals surface area contributed by atoms with Crippen LogP contribution in [0.2, 0.25) is 0 Å². The van der Waals surface area contributed by atoms with E-state index in [2.05, 4.69) is 0 Å². The Kier molecular flexibility index (Phi) is 5.48. The average Bonchev–Trinajstić information content (AvgIpc) is 2.54. The van der Waals surface area contributed by atoms with Crippen LogP contribution in [-0.4, -0.2) is 18.2 Å². The van der Waals surface area contributed by atoms with Gasteiger partial charge in [0.15, 0.2) is 11.6 Å². The van der Waals surface area contributed by atoms with Crippen LogP contribution in [0, 0.1) is 6.92 Å². The monoisotopic (exact) mass is 296 g/mol. The summed E-state index contributed by atoms with van der Waals surface area (Å²) in [5, 5.41) is 0. The summed E-state index contributed by atoms with van der Waals surface area (Å²) in [7, 11) is 0. The third kappa shape index (κ3) is 4.29. The van der Waals surface area contributed by atoms with Gasteiger partial charge in [0.25, 0.3) is 0 Å². The van der Waals surface area contributed by atoms with Gasteiger partial charge in [0, 0.05) is 11.1 Å². The molecule has 0 saturated carbocycles. The number of hydrogen-bond donors (Lipinski definition) is 0. The third-order valence-electron chi connectivity index (χ3n) is 3.34. The first-order valence-corrected chi connectivity index (χ1v) is 7.46. The van der Waals surface area contributed by atoms with Gasteiger partial charge in [-0.15, -0.1) is 0 Å². The second-order valence-electron chi connectivity index (χ2n) is 5.26.